The van der Waals surface area contributed by atoms with Gasteiger partial charge in [0.05, 0.1) is 5.60 Å². The van der Waals surface area contributed by atoms with Crippen LogP contribution in [0.5, 0.6) is 0 Å². The van der Waals surface area contributed by atoms with Crippen LogP contribution in [0.25, 0.3) is 0 Å². The van der Waals surface area contributed by atoms with Crippen molar-refractivity contribution in [3.63, 3.8) is 0 Å². The lowest BCUT2D eigenvalue weighted by Gasteiger charge is -2.29. The normalized spacial score (nSPS) is 38.5. The molecule has 1 fully saturated rings. The maximum atomic E-state index is 10.5. The summed E-state index contributed by atoms with van der Waals surface area (Å²) in [6, 6.07) is 8.69. The van der Waals surface area contributed by atoms with Crippen LogP contribution < -0.4 is 0 Å². The molecule has 2 aliphatic rings. The molecule has 0 amide bonds. The molecular weight excluding hydrogens is 184 g/mol. The van der Waals surface area contributed by atoms with Gasteiger partial charge in [-0.3, -0.25) is 0 Å². The Balaban J connectivity index is 2.05. The first-order valence-corrected chi connectivity index (χ1v) is 5.97. The molecule has 1 saturated carbocycles. The van der Waals surface area contributed by atoms with Gasteiger partial charge in [0.25, 0.3) is 0 Å². The van der Waals surface area contributed by atoms with Crippen LogP contribution in [-0.2, 0) is 12.8 Å². The molecule has 1 heteroatoms. The summed E-state index contributed by atoms with van der Waals surface area (Å²) in [5, 5.41) is 10.5. The van der Waals surface area contributed by atoms with Crippen molar-refractivity contribution in [3.8, 4) is 0 Å². The lowest BCUT2D eigenvalue weighted by atomic mass is 9.84. The Morgan fingerprint density at radius 2 is 1.53 bits per heavy atom. The maximum Gasteiger partial charge on any atom is 0.0682 e. The van der Waals surface area contributed by atoms with Crippen molar-refractivity contribution in [2.24, 2.45) is 11.8 Å². The van der Waals surface area contributed by atoms with E-state index in [-0.39, 0.29) is 0 Å². The lowest BCUT2D eigenvalue weighted by Crippen LogP contribution is -2.36. The number of aliphatic hydroxyl groups is 1. The van der Waals surface area contributed by atoms with E-state index in [1.54, 1.807) is 0 Å². The Hall–Kier alpha value is -0.820. The van der Waals surface area contributed by atoms with Crippen molar-refractivity contribution in [1.29, 1.82) is 0 Å². The third kappa shape index (κ3) is 1.33. The number of rotatable bonds is 0. The van der Waals surface area contributed by atoms with Crippen molar-refractivity contribution in [3.05, 3.63) is 35.4 Å². The van der Waals surface area contributed by atoms with Crippen LogP contribution in [0.1, 0.15) is 30.9 Å². The van der Waals surface area contributed by atoms with E-state index in [0.29, 0.717) is 11.8 Å². The fourth-order valence-electron chi connectivity index (χ4n) is 3.42. The molecule has 2 bridgehead atoms. The van der Waals surface area contributed by atoms with E-state index in [9.17, 15) is 5.11 Å². The van der Waals surface area contributed by atoms with E-state index in [4.69, 9.17) is 0 Å². The van der Waals surface area contributed by atoms with Gasteiger partial charge in [-0.1, -0.05) is 24.3 Å². The number of fused-ring (bicyclic) bond motifs is 3. The van der Waals surface area contributed by atoms with Gasteiger partial charge in [0, 0.05) is 0 Å². The number of benzene rings is 1. The first-order chi connectivity index (χ1) is 7.18. The molecule has 3 rings (SSSR count). The third-order valence-corrected chi connectivity index (χ3v) is 4.57. The molecule has 1 aromatic carbocycles. The highest BCUT2D eigenvalue weighted by molar-refractivity contribution is 5.31. The van der Waals surface area contributed by atoms with E-state index in [1.165, 1.54) is 24.0 Å². The minimum atomic E-state index is -0.432. The first kappa shape index (κ1) is 9.41. The summed E-state index contributed by atoms with van der Waals surface area (Å²) < 4.78 is 0. The Bertz CT molecular complexity index is 346. The summed E-state index contributed by atoms with van der Waals surface area (Å²) in [6.45, 7) is 2.04. The molecule has 0 spiro atoms. The second-order valence-electron chi connectivity index (χ2n) is 5.37. The van der Waals surface area contributed by atoms with Gasteiger partial charge in [0.1, 0.15) is 0 Å². The topological polar surface area (TPSA) is 20.2 Å². The molecule has 1 N–H and O–H groups in total. The fraction of sp³-hybridized carbons (Fsp3) is 0.571. The van der Waals surface area contributed by atoms with Crippen LogP contribution in [0.2, 0.25) is 0 Å². The average Bonchev–Trinajstić information content (AvgIpc) is 2.39. The van der Waals surface area contributed by atoms with Crippen LogP contribution >= 0.6 is 0 Å². The predicted octanol–water partition coefficient (Wildman–Crippen LogP) is 2.56. The summed E-state index contributed by atoms with van der Waals surface area (Å²) in [5.74, 6) is 0.956. The Morgan fingerprint density at radius 1 is 1.07 bits per heavy atom. The van der Waals surface area contributed by atoms with Crippen molar-refractivity contribution >= 4 is 0 Å². The number of hydrogen-bond donors (Lipinski definition) is 1. The second-order valence-corrected chi connectivity index (χ2v) is 5.37. The minimum absolute atomic E-state index is 0.432. The van der Waals surface area contributed by atoms with Crippen molar-refractivity contribution in [2.75, 3.05) is 0 Å². The van der Waals surface area contributed by atoms with Crippen LogP contribution in [0.15, 0.2) is 24.3 Å². The number of hydrogen-bond acceptors (Lipinski definition) is 1. The van der Waals surface area contributed by atoms with E-state index in [1.807, 2.05) is 6.92 Å². The molecule has 1 aromatic rings. The molecule has 2 atom stereocenters. The molecule has 0 aliphatic heterocycles. The van der Waals surface area contributed by atoms with Crippen LogP contribution in [-0.4, -0.2) is 10.7 Å². The van der Waals surface area contributed by atoms with E-state index >= 15 is 0 Å². The fourth-order valence-corrected chi connectivity index (χ4v) is 3.42. The van der Waals surface area contributed by atoms with Gasteiger partial charge >= 0.3 is 0 Å². The Kier molecular flexibility index (Phi) is 1.93. The summed E-state index contributed by atoms with van der Waals surface area (Å²) in [5.41, 5.74) is 2.49. The lowest BCUT2D eigenvalue weighted by molar-refractivity contribution is -0.0153. The molecule has 2 unspecified atom stereocenters. The van der Waals surface area contributed by atoms with Gasteiger partial charge in [-0.25, -0.2) is 0 Å². The summed E-state index contributed by atoms with van der Waals surface area (Å²) in [7, 11) is 0. The van der Waals surface area contributed by atoms with E-state index in [0.717, 1.165) is 12.8 Å². The first-order valence-electron chi connectivity index (χ1n) is 5.97. The third-order valence-electron chi connectivity index (χ3n) is 4.57. The largest absolute Gasteiger partial charge is 0.390 e. The van der Waals surface area contributed by atoms with Gasteiger partial charge in [-0.2, -0.15) is 0 Å². The van der Waals surface area contributed by atoms with Gasteiger partial charge in [-0.05, 0) is 55.6 Å². The van der Waals surface area contributed by atoms with Gasteiger partial charge in [-0.15, -0.1) is 0 Å². The SMILES string of the molecule is CC1(O)C2CCC1Cc1ccccc1C2. The highest BCUT2D eigenvalue weighted by Crippen LogP contribution is 2.46. The van der Waals surface area contributed by atoms with Gasteiger partial charge in [0.15, 0.2) is 0 Å². The molecular formula is C14H18O. The molecule has 1 nitrogen and oxygen atoms in total. The Labute approximate surface area is 91.1 Å². The van der Waals surface area contributed by atoms with Gasteiger partial charge < -0.3 is 5.11 Å². The van der Waals surface area contributed by atoms with E-state index in [2.05, 4.69) is 24.3 Å². The van der Waals surface area contributed by atoms with Crippen molar-refractivity contribution in [2.45, 2.75) is 38.2 Å². The zero-order chi connectivity index (χ0) is 10.5. The zero-order valence-electron chi connectivity index (χ0n) is 9.24. The van der Waals surface area contributed by atoms with Gasteiger partial charge in [0.2, 0.25) is 0 Å². The molecule has 0 radical (unpaired) electrons. The Morgan fingerprint density at radius 3 is 2.00 bits per heavy atom. The average molecular weight is 202 g/mol. The standard InChI is InChI=1S/C14H18O/c1-14(15)12-6-7-13(14)9-11-5-3-2-4-10(11)8-12/h2-5,12-13,15H,6-9H2,1H3. The van der Waals surface area contributed by atoms with Crippen LogP contribution in [0.3, 0.4) is 0 Å². The molecule has 0 aromatic heterocycles. The van der Waals surface area contributed by atoms with Crippen molar-refractivity contribution in [1.82, 2.24) is 0 Å². The molecule has 80 valence electrons. The van der Waals surface area contributed by atoms with Crippen molar-refractivity contribution < 1.29 is 5.11 Å². The molecule has 2 aliphatic carbocycles. The molecule has 0 saturated heterocycles. The second kappa shape index (κ2) is 3.08. The van der Waals surface area contributed by atoms with Crippen LogP contribution in [0, 0.1) is 11.8 Å². The molecule has 0 heterocycles. The minimum Gasteiger partial charge on any atom is -0.390 e. The zero-order valence-corrected chi connectivity index (χ0v) is 9.24. The maximum absolute atomic E-state index is 10.5. The molecule has 15 heavy (non-hydrogen) atoms. The quantitative estimate of drug-likeness (QED) is 0.685. The summed E-state index contributed by atoms with van der Waals surface area (Å²) in [4.78, 5) is 0. The smallest absolute Gasteiger partial charge is 0.0682 e. The summed E-state index contributed by atoms with van der Waals surface area (Å²) in [6.07, 6.45) is 4.54. The highest BCUT2D eigenvalue weighted by Gasteiger charge is 2.46. The summed E-state index contributed by atoms with van der Waals surface area (Å²) >= 11 is 0. The van der Waals surface area contributed by atoms with Crippen LogP contribution in [0.4, 0.5) is 0 Å². The predicted molar refractivity (Wildman–Crippen MR) is 60.7 cm³/mol. The highest BCUT2D eigenvalue weighted by atomic mass is 16.3. The monoisotopic (exact) mass is 202 g/mol. The van der Waals surface area contributed by atoms with E-state index < -0.39 is 5.60 Å².